The first-order valence-corrected chi connectivity index (χ1v) is 12.7. The van der Waals surface area contributed by atoms with E-state index in [-0.39, 0.29) is 11.6 Å². The van der Waals surface area contributed by atoms with Crippen LogP contribution in [0.1, 0.15) is 58.7 Å². The molecule has 1 aromatic heterocycles. The molecule has 0 saturated carbocycles. The number of amides is 1. The molecule has 0 bridgehead atoms. The molecule has 0 spiro atoms. The molecular formula is C25H43N5O4. The predicted molar refractivity (Wildman–Crippen MR) is 131 cm³/mol. The van der Waals surface area contributed by atoms with Crippen molar-refractivity contribution in [2.45, 2.75) is 77.1 Å². The third-order valence-corrected chi connectivity index (χ3v) is 7.44. The van der Waals surface area contributed by atoms with E-state index in [4.69, 9.17) is 19.3 Å². The van der Waals surface area contributed by atoms with Gasteiger partial charge in [0.25, 0.3) is 0 Å². The molecule has 0 unspecified atom stereocenters. The van der Waals surface area contributed by atoms with Gasteiger partial charge in [0.2, 0.25) is 0 Å². The van der Waals surface area contributed by atoms with E-state index in [0.717, 1.165) is 64.5 Å². The van der Waals surface area contributed by atoms with E-state index < -0.39 is 5.60 Å². The maximum absolute atomic E-state index is 12.4. The first kappa shape index (κ1) is 25.3. The minimum Gasteiger partial charge on any atom is -0.444 e. The van der Waals surface area contributed by atoms with Crippen molar-refractivity contribution in [3.63, 3.8) is 0 Å². The minimum absolute atomic E-state index is 0.0461. The van der Waals surface area contributed by atoms with Gasteiger partial charge in [-0.3, -0.25) is 9.58 Å². The number of carbonyl (C=O) groups excluding carboxylic acids is 1. The van der Waals surface area contributed by atoms with E-state index in [1.165, 1.54) is 5.69 Å². The average Bonchev–Trinajstić information content (AvgIpc) is 3.11. The molecule has 1 atom stereocenters. The maximum atomic E-state index is 12.4. The molecule has 4 rings (SSSR count). The Balaban J connectivity index is 1.44. The van der Waals surface area contributed by atoms with Crippen LogP contribution in [0.15, 0.2) is 6.07 Å². The molecule has 0 N–H and O–H groups in total. The topological polar surface area (TPSA) is 72.3 Å². The van der Waals surface area contributed by atoms with Crippen LogP contribution in [-0.2, 0) is 14.2 Å². The molecular weight excluding hydrogens is 434 g/mol. The largest absolute Gasteiger partial charge is 0.444 e. The van der Waals surface area contributed by atoms with Gasteiger partial charge in [-0.05, 0) is 53.9 Å². The highest BCUT2D eigenvalue weighted by Gasteiger charge is 2.42. The number of likely N-dealkylation sites (tertiary alicyclic amines) is 1. The standard InChI is InChI=1S/C25H43N5O4/c1-19-15-22(26-30(19)20-7-10-27(11-8-20)23(31)34-24(2,3)4)29-13-12-28(21-16-33-17-21)18-25(29,5)9-14-32-6/h15,20-21H,7-14,16-18H2,1-6H3/t25-/m0/s1. The lowest BCUT2D eigenvalue weighted by molar-refractivity contribution is -0.0765. The number of aryl methyl sites for hydroxylation is 1. The van der Waals surface area contributed by atoms with Gasteiger partial charge in [0.05, 0.1) is 30.8 Å². The third-order valence-electron chi connectivity index (χ3n) is 7.44. The highest BCUT2D eigenvalue weighted by Crippen LogP contribution is 2.34. The average molecular weight is 478 g/mol. The Morgan fingerprint density at radius 2 is 1.88 bits per heavy atom. The summed E-state index contributed by atoms with van der Waals surface area (Å²) in [5.41, 5.74) is 0.664. The SMILES string of the molecule is COCC[C@@]1(C)CN(C2COC2)CCN1c1cc(C)n(C2CCN(C(=O)OC(C)(C)C)CC2)n1. The number of anilines is 1. The summed E-state index contributed by atoms with van der Waals surface area (Å²) in [4.78, 5) is 19.3. The molecule has 3 aliphatic heterocycles. The van der Waals surface area contributed by atoms with Crippen molar-refractivity contribution < 1.29 is 19.0 Å². The van der Waals surface area contributed by atoms with Crippen molar-refractivity contribution in [2.24, 2.45) is 0 Å². The Hall–Kier alpha value is -1.84. The second-order valence-electron chi connectivity index (χ2n) is 11.3. The smallest absolute Gasteiger partial charge is 0.410 e. The summed E-state index contributed by atoms with van der Waals surface area (Å²) in [5, 5.41) is 5.12. The van der Waals surface area contributed by atoms with Crippen molar-refractivity contribution in [3.8, 4) is 0 Å². The van der Waals surface area contributed by atoms with Crippen molar-refractivity contribution in [2.75, 3.05) is 64.6 Å². The van der Waals surface area contributed by atoms with Crippen molar-refractivity contribution in [3.05, 3.63) is 11.8 Å². The molecule has 0 aromatic carbocycles. The Kier molecular flexibility index (Phi) is 7.45. The van der Waals surface area contributed by atoms with Gasteiger partial charge in [-0.2, -0.15) is 5.10 Å². The van der Waals surface area contributed by atoms with Crippen LogP contribution in [-0.4, -0.2) is 103 Å². The lowest BCUT2D eigenvalue weighted by atomic mass is 9.91. The van der Waals surface area contributed by atoms with Crippen LogP contribution in [0.25, 0.3) is 0 Å². The number of rotatable bonds is 6. The van der Waals surface area contributed by atoms with Crippen molar-refractivity contribution >= 4 is 11.9 Å². The van der Waals surface area contributed by atoms with Gasteiger partial charge < -0.3 is 24.0 Å². The summed E-state index contributed by atoms with van der Waals surface area (Å²) in [5.74, 6) is 1.05. The molecule has 34 heavy (non-hydrogen) atoms. The van der Waals surface area contributed by atoms with Crippen LogP contribution in [0.5, 0.6) is 0 Å². The van der Waals surface area contributed by atoms with E-state index in [9.17, 15) is 4.79 Å². The monoisotopic (exact) mass is 477 g/mol. The number of methoxy groups -OCH3 is 1. The Labute approximate surface area is 204 Å². The van der Waals surface area contributed by atoms with Gasteiger partial charge in [0.1, 0.15) is 5.60 Å². The number of piperazine rings is 1. The van der Waals surface area contributed by atoms with Gasteiger partial charge >= 0.3 is 6.09 Å². The van der Waals surface area contributed by atoms with Gasteiger partial charge in [-0.25, -0.2) is 4.79 Å². The molecule has 192 valence electrons. The van der Waals surface area contributed by atoms with E-state index in [1.54, 1.807) is 7.11 Å². The predicted octanol–water partition coefficient (Wildman–Crippen LogP) is 3.08. The molecule has 3 fully saturated rings. The zero-order chi connectivity index (χ0) is 24.5. The summed E-state index contributed by atoms with van der Waals surface area (Å²) in [6.07, 6.45) is 2.51. The number of piperidine rings is 1. The summed E-state index contributed by atoms with van der Waals surface area (Å²) in [7, 11) is 1.77. The van der Waals surface area contributed by atoms with Crippen molar-refractivity contribution in [1.29, 1.82) is 0 Å². The normalized spacial score (nSPS) is 25.5. The second-order valence-corrected chi connectivity index (χ2v) is 11.3. The quantitative estimate of drug-likeness (QED) is 0.623. The number of aromatic nitrogens is 2. The van der Waals surface area contributed by atoms with Crippen LogP contribution in [0.2, 0.25) is 0 Å². The summed E-state index contributed by atoms with van der Waals surface area (Å²) in [6, 6.07) is 3.07. The fraction of sp³-hybridized carbons (Fsp3) is 0.840. The van der Waals surface area contributed by atoms with Crippen LogP contribution >= 0.6 is 0 Å². The molecule has 3 saturated heterocycles. The number of carbonyl (C=O) groups is 1. The van der Waals surface area contributed by atoms with Gasteiger partial charge in [0.15, 0.2) is 5.82 Å². The number of ether oxygens (including phenoxy) is 3. The van der Waals surface area contributed by atoms with Crippen molar-refractivity contribution in [1.82, 2.24) is 19.6 Å². The zero-order valence-electron chi connectivity index (χ0n) is 21.9. The Morgan fingerprint density at radius 1 is 1.18 bits per heavy atom. The summed E-state index contributed by atoms with van der Waals surface area (Å²) in [6.45, 7) is 17.0. The maximum Gasteiger partial charge on any atom is 0.410 e. The molecule has 0 aliphatic carbocycles. The molecule has 3 aliphatic rings. The van der Waals surface area contributed by atoms with Gasteiger partial charge in [-0.15, -0.1) is 0 Å². The van der Waals surface area contributed by atoms with E-state index >= 15 is 0 Å². The summed E-state index contributed by atoms with van der Waals surface area (Å²) < 4.78 is 18.7. The second kappa shape index (κ2) is 10.0. The van der Waals surface area contributed by atoms with Gasteiger partial charge in [0, 0.05) is 58.2 Å². The lowest BCUT2D eigenvalue weighted by Crippen LogP contribution is -2.66. The first-order chi connectivity index (χ1) is 16.1. The van der Waals surface area contributed by atoms with Crippen LogP contribution in [0.3, 0.4) is 0 Å². The Morgan fingerprint density at radius 3 is 2.47 bits per heavy atom. The lowest BCUT2D eigenvalue weighted by Gasteiger charge is -2.52. The van der Waals surface area contributed by atoms with Crippen LogP contribution in [0.4, 0.5) is 10.6 Å². The third kappa shape index (κ3) is 5.52. The zero-order valence-corrected chi connectivity index (χ0v) is 21.9. The highest BCUT2D eigenvalue weighted by atomic mass is 16.6. The highest BCUT2D eigenvalue weighted by molar-refractivity contribution is 5.68. The van der Waals surface area contributed by atoms with Crippen LogP contribution in [0, 0.1) is 6.92 Å². The minimum atomic E-state index is -0.466. The molecule has 1 amide bonds. The Bertz CT molecular complexity index is 841. The van der Waals surface area contributed by atoms with E-state index in [1.807, 2.05) is 25.7 Å². The number of nitrogens with zero attached hydrogens (tertiary/aromatic N) is 5. The van der Waals surface area contributed by atoms with E-state index in [2.05, 4.69) is 34.4 Å². The number of hydrogen-bond acceptors (Lipinski definition) is 7. The van der Waals surface area contributed by atoms with E-state index in [0.29, 0.717) is 25.2 Å². The molecule has 9 nitrogen and oxygen atoms in total. The summed E-state index contributed by atoms with van der Waals surface area (Å²) >= 11 is 0. The molecule has 0 radical (unpaired) electrons. The molecule has 1 aromatic rings. The fourth-order valence-corrected chi connectivity index (χ4v) is 5.37. The van der Waals surface area contributed by atoms with Crippen LogP contribution < -0.4 is 4.90 Å². The molecule has 9 heteroatoms. The fourth-order valence-electron chi connectivity index (χ4n) is 5.37. The van der Waals surface area contributed by atoms with Gasteiger partial charge in [-0.1, -0.05) is 0 Å². The first-order valence-electron chi connectivity index (χ1n) is 12.7. The molecule has 4 heterocycles. The number of hydrogen-bond donors (Lipinski definition) is 0.